The minimum Gasteiger partial charge on any atom is -0.396 e. The van der Waals surface area contributed by atoms with Crippen molar-refractivity contribution in [1.29, 1.82) is 0 Å². The largest absolute Gasteiger partial charge is 0.396 e. The van der Waals surface area contributed by atoms with E-state index in [4.69, 9.17) is 0 Å². The van der Waals surface area contributed by atoms with Gasteiger partial charge in [0.15, 0.2) is 0 Å². The van der Waals surface area contributed by atoms with Crippen molar-refractivity contribution < 1.29 is 10.2 Å². The highest BCUT2D eigenvalue weighted by Gasteiger charge is 2.34. The van der Waals surface area contributed by atoms with Crippen LogP contribution in [-0.4, -0.2) is 33.1 Å². The molecule has 4 unspecified atom stereocenters. The Bertz CT molecular complexity index is 321. The quantitative estimate of drug-likeness (QED) is 0.285. The topological polar surface area (TPSA) is 40.5 Å². The molecule has 4 heteroatoms. The van der Waals surface area contributed by atoms with Crippen LogP contribution in [0.4, 0.5) is 0 Å². The molecule has 2 nitrogen and oxygen atoms in total. The summed E-state index contributed by atoms with van der Waals surface area (Å²) in [6.45, 7) is 4.75. The van der Waals surface area contributed by atoms with Crippen molar-refractivity contribution in [3.8, 4) is 0 Å². The summed E-state index contributed by atoms with van der Waals surface area (Å²) in [5.41, 5.74) is -0.289. The Morgan fingerprint density at radius 3 is 2.38 bits per heavy atom. The average molecular weight is 470 g/mol. The molecule has 144 valence electrons. The van der Waals surface area contributed by atoms with Gasteiger partial charge in [-0.1, -0.05) is 65.0 Å². The van der Waals surface area contributed by atoms with E-state index in [2.05, 4.69) is 45.7 Å². The van der Waals surface area contributed by atoms with Gasteiger partial charge in [0.1, 0.15) is 0 Å². The summed E-state index contributed by atoms with van der Waals surface area (Å²) in [7, 11) is 0. The molecular formula is C20H38Br2O2. The summed E-state index contributed by atoms with van der Waals surface area (Å²) in [5.74, 6) is 1.21. The molecule has 1 aliphatic rings. The van der Waals surface area contributed by atoms with Gasteiger partial charge in [0, 0.05) is 15.1 Å². The van der Waals surface area contributed by atoms with E-state index in [1.165, 1.54) is 57.8 Å². The highest BCUT2D eigenvalue weighted by atomic mass is 79.9. The molecule has 1 fully saturated rings. The minimum absolute atomic E-state index is 0.120. The molecule has 0 saturated heterocycles. The number of halogens is 2. The summed E-state index contributed by atoms with van der Waals surface area (Å²) in [4.78, 5) is 1.27. The molecule has 2 N–H and O–H groups in total. The maximum absolute atomic E-state index is 10.1. The molecule has 1 saturated carbocycles. The third-order valence-corrected chi connectivity index (χ3v) is 7.60. The smallest absolute Gasteiger partial charge is 0.0509 e. The Morgan fingerprint density at radius 2 is 1.75 bits per heavy atom. The predicted molar refractivity (Wildman–Crippen MR) is 111 cm³/mol. The second kappa shape index (κ2) is 12.3. The molecule has 1 rings (SSSR count). The molecule has 24 heavy (non-hydrogen) atoms. The summed E-state index contributed by atoms with van der Waals surface area (Å²) >= 11 is 7.53. The van der Waals surface area contributed by atoms with Crippen molar-refractivity contribution in [2.75, 3.05) is 13.2 Å². The predicted octanol–water partition coefficient (Wildman–Crippen LogP) is 6.06. The third-order valence-electron chi connectivity index (χ3n) is 5.77. The summed E-state index contributed by atoms with van der Waals surface area (Å²) in [6.07, 6.45) is 13.0. The maximum Gasteiger partial charge on any atom is 0.0509 e. The average Bonchev–Trinajstić information content (AvgIpc) is 2.77. The first-order chi connectivity index (χ1) is 11.4. The fourth-order valence-corrected chi connectivity index (χ4v) is 5.62. The van der Waals surface area contributed by atoms with E-state index in [1.54, 1.807) is 0 Å². The lowest BCUT2D eigenvalue weighted by atomic mass is 9.72. The lowest BCUT2D eigenvalue weighted by Gasteiger charge is -2.36. The number of hydrogen-bond acceptors (Lipinski definition) is 2. The molecule has 0 aromatic rings. The first-order valence-corrected chi connectivity index (χ1v) is 11.8. The monoisotopic (exact) mass is 468 g/mol. The van der Waals surface area contributed by atoms with E-state index < -0.39 is 0 Å². The van der Waals surface area contributed by atoms with Gasteiger partial charge in [0.2, 0.25) is 0 Å². The van der Waals surface area contributed by atoms with Crippen LogP contribution in [-0.2, 0) is 0 Å². The van der Waals surface area contributed by atoms with Crippen LogP contribution >= 0.6 is 31.9 Å². The number of alkyl halides is 2. The Morgan fingerprint density at radius 1 is 1.04 bits per heavy atom. The van der Waals surface area contributed by atoms with Crippen LogP contribution in [0.5, 0.6) is 0 Å². The Labute approximate surface area is 166 Å². The number of rotatable bonds is 11. The van der Waals surface area contributed by atoms with Crippen LogP contribution in [0.15, 0.2) is 0 Å². The SMILES string of the molecule is CCCC(Br)CCC(C)CC(CO)(CO)CC1CCCC(Br)CC1. The molecule has 0 aromatic heterocycles. The van der Waals surface area contributed by atoms with E-state index in [-0.39, 0.29) is 18.6 Å². The van der Waals surface area contributed by atoms with Crippen molar-refractivity contribution in [2.45, 2.75) is 94.1 Å². The van der Waals surface area contributed by atoms with Crippen LogP contribution in [0.25, 0.3) is 0 Å². The zero-order valence-electron chi connectivity index (χ0n) is 15.7. The maximum atomic E-state index is 10.1. The van der Waals surface area contributed by atoms with Crippen molar-refractivity contribution in [3.05, 3.63) is 0 Å². The molecule has 0 bridgehead atoms. The van der Waals surface area contributed by atoms with Gasteiger partial charge in [-0.2, -0.15) is 0 Å². The van der Waals surface area contributed by atoms with E-state index in [9.17, 15) is 10.2 Å². The Hall–Kier alpha value is 0.880. The lowest BCUT2D eigenvalue weighted by Crippen LogP contribution is -2.34. The molecule has 0 heterocycles. The molecule has 0 spiro atoms. The van der Waals surface area contributed by atoms with Crippen molar-refractivity contribution in [1.82, 2.24) is 0 Å². The zero-order valence-corrected chi connectivity index (χ0v) is 18.8. The van der Waals surface area contributed by atoms with Gasteiger partial charge in [0.05, 0.1) is 13.2 Å². The third kappa shape index (κ3) is 8.51. The van der Waals surface area contributed by atoms with Gasteiger partial charge < -0.3 is 10.2 Å². The second-order valence-corrected chi connectivity index (χ2v) is 10.9. The van der Waals surface area contributed by atoms with Crippen LogP contribution in [0.1, 0.15) is 84.5 Å². The first kappa shape index (κ1) is 22.9. The zero-order chi connectivity index (χ0) is 18.0. The van der Waals surface area contributed by atoms with E-state index >= 15 is 0 Å². The Kier molecular flexibility index (Phi) is 11.7. The minimum atomic E-state index is -0.289. The number of hydrogen-bond donors (Lipinski definition) is 2. The summed E-state index contributed by atoms with van der Waals surface area (Å²) in [6, 6.07) is 0. The summed E-state index contributed by atoms with van der Waals surface area (Å²) in [5, 5.41) is 20.1. The fraction of sp³-hybridized carbons (Fsp3) is 1.00. The van der Waals surface area contributed by atoms with Crippen molar-refractivity contribution in [3.63, 3.8) is 0 Å². The van der Waals surface area contributed by atoms with E-state index in [0.29, 0.717) is 21.5 Å². The van der Waals surface area contributed by atoms with Gasteiger partial charge in [-0.3, -0.25) is 0 Å². The second-order valence-electron chi connectivity index (χ2n) is 8.26. The number of aliphatic hydroxyl groups excluding tert-OH is 2. The van der Waals surface area contributed by atoms with Crippen LogP contribution in [0.3, 0.4) is 0 Å². The fourth-order valence-electron chi connectivity index (χ4n) is 4.31. The highest BCUT2D eigenvalue weighted by Crippen LogP contribution is 2.40. The number of aliphatic hydroxyl groups is 2. The van der Waals surface area contributed by atoms with E-state index in [0.717, 1.165) is 12.8 Å². The molecule has 0 aromatic carbocycles. The molecular weight excluding hydrogens is 432 g/mol. The molecule has 4 atom stereocenters. The van der Waals surface area contributed by atoms with Crippen LogP contribution < -0.4 is 0 Å². The Balaban J connectivity index is 2.53. The lowest BCUT2D eigenvalue weighted by molar-refractivity contribution is 0.0115. The highest BCUT2D eigenvalue weighted by molar-refractivity contribution is 9.09. The van der Waals surface area contributed by atoms with Crippen molar-refractivity contribution in [2.24, 2.45) is 17.3 Å². The first-order valence-electron chi connectivity index (χ1n) is 9.94. The van der Waals surface area contributed by atoms with Gasteiger partial charge in [-0.05, 0) is 63.2 Å². The van der Waals surface area contributed by atoms with Crippen molar-refractivity contribution >= 4 is 31.9 Å². The van der Waals surface area contributed by atoms with Gasteiger partial charge in [-0.15, -0.1) is 0 Å². The van der Waals surface area contributed by atoms with Crippen LogP contribution in [0.2, 0.25) is 0 Å². The summed E-state index contributed by atoms with van der Waals surface area (Å²) < 4.78 is 0. The van der Waals surface area contributed by atoms with Gasteiger partial charge >= 0.3 is 0 Å². The standard InChI is InChI=1S/C20H38Br2O2/c1-3-5-18(21)10-8-16(2)12-20(14-23,15-24)13-17-6-4-7-19(22)11-9-17/h16-19,23-24H,3-15H2,1-2H3. The molecule has 0 amide bonds. The van der Waals surface area contributed by atoms with Gasteiger partial charge in [-0.25, -0.2) is 0 Å². The molecule has 0 radical (unpaired) electrons. The van der Waals surface area contributed by atoms with E-state index in [1.807, 2.05) is 0 Å². The molecule has 1 aliphatic carbocycles. The van der Waals surface area contributed by atoms with Gasteiger partial charge in [0.25, 0.3) is 0 Å². The normalized spacial score (nSPS) is 25.2. The van der Waals surface area contributed by atoms with Crippen LogP contribution in [0, 0.1) is 17.3 Å². The molecule has 0 aliphatic heterocycles.